The maximum Gasteiger partial charge on any atom is 0.344 e. The number of carbonyl (C=O) groups is 2. The van der Waals surface area contributed by atoms with Crippen molar-refractivity contribution in [3.8, 4) is 0 Å². The van der Waals surface area contributed by atoms with Crippen LogP contribution in [-0.2, 0) is 20.9 Å². The smallest absolute Gasteiger partial charge is 0.344 e. The molecule has 1 aromatic carbocycles. The average molecular weight is 341 g/mol. The number of rotatable bonds is 5. The fraction of sp³-hybridized carbons (Fsp3) is 0.286. The number of esters is 1. The normalized spacial score (nSPS) is 10.9. The predicted molar refractivity (Wildman–Crippen MR) is 79.8 cm³/mol. The highest BCUT2D eigenvalue weighted by Gasteiger charge is 2.19. The molecule has 0 aliphatic heterocycles. The first-order chi connectivity index (χ1) is 9.43. The van der Waals surface area contributed by atoms with Crippen molar-refractivity contribution in [1.82, 2.24) is 10.2 Å². The third-order valence-corrected chi connectivity index (χ3v) is 2.93. The number of nitrogens with zero attached hydrogens (tertiary/aromatic N) is 1. The molecule has 108 valence electrons. The van der Waals surface area contributed by atoms with Crippen molar-refractivity contribution in [2.45, 2.75) is 6.54 Å². The molecule has 1 aromatic rings. The summed E-state index contributed by atoms with van der Waals surface area (Å²) in [5.41, 5.74) is 0.908. The Hall–Kier alpha value is -1.82. The standard InChI is InChI=1S/C14H17BrN2O3/c1-17(2)9-12(14(19)20-3)13(18)16-8-10-4-6-11(15)7-5-10/h4-7,9H,8H2,1-3H3,(H,16,18)/b12-9-. The summed E-state index contributed by atoms with van der Waals surface area (Å²) in [6.07, 6.45) is 1.43. The van der Waals surface area contributed by atoms with Gasteiger partial charge in [-0.15, -0.1) is 0 Å². The number of halogens is 1. The molecular weight excluding hydrogens is 324 g/mol. The number of methoxy groups -OCH3 is 1. The number of hydrogen-bond acceptors (Lipinski definition) is 4. The highest BCUT2D eigenvalue weighted by molar-refractivity contribution is 9.10. The lowest BCUT2D eigenvalue weighted by molar-refractivity contribution is -0.138. The molecule has 0 saturated carbocycles. The average Bonchev–Trinajstić information content (AvgIpc) is 2.42. The lowest BCUT2D eigenvalue weighted by Gasteiger charge is -2.11. The van der Waals surface area contributed by atoms with Gasteiger partial charge in [0.15, 0.2) is 0 Å². The van der Waals surface area contributed by atoms with Crippen LogP contribution in [0.4, 0.5) is 0 Å². The van der Waals surface area contributed by atoms with Gasteiger partial charge < -0.3 is 15.0 Å². The highest BCUT2D eigenvalue weighted by Crippen LogP contribution is 2.10. The van der Waals surface area contributed by atoms with Gasteiger partial charge in [-0.1, -0.05) is 28.1 Å². The summed E-state index contributed by atoms with van der Waals surface area (Å²) in [5.74, 6) is -1.12. The van der Waals surface area contributed by atoms with Gasteiger partial charge in [0.05, 0.1) is 7.11 Å². The van der Waals surface area contributed by atoms with E-state index in [0.717, 1.165) is 10.0 Å². The van der Waals surface area contributed by atoms with E-state index in [2.05, 4.69) is 26.0 Å². The Kier molecular flexibility index (Phi) is 6.24. The summed E-state index contributed by atoms with van der Waals surface area (Å²) in [6.45, 7) is 0.341. The van der Waals surface area contributed by atoms with Gasteiger partial charge in [-0.05, 0) is 17.7 Å². The molecule has 0 aromatic heterocycles. The van der Waals surface area contributed by atoms with E-state index >= 15 is 0 Å². The third-order valence-electron chi connectivity index (χ3n) is 2.40. The van der Waals surface area contributed by atoms with Crippen LogP contribution in [-0.4, -0.2) is 38.0 Å². The molecule has 20 heavy (non-hydrogen) atoms. The van der Waals surface area contributed by atoms with Crippen LogP contribution in [0.2, 0.25) is 0 Å². The van der Waals surface area contributed by atoms with Crippen molar-refractivity contribution in [2.24, 2.45) is 0 Å². The molecule has 0 aliphatic carbocycles. The van der Waals surface area contributed by atoms with Gasteiger partial charge in [0.25, 0.3) is 5.91 Å². The summed E-state index contributed by atoms with van der Waals surface area (Å²) >= 11 is 3.34. The Morgan fingerprint density at radius 2 is 1.90 bits per heavy atom. The van der Waals surface area contributed by atoms with Crippen LogP contribution in [0.3, 0.4) is 0 Å². The Morgan fingerprint density at radius 3 is 2.40 bits per heavy atom. The zero-order valence-electron chi connectivity index (χ0n) is 11.6. The molecule has 0 radical (unpaired) electrons. The van der Waals surface area contributed by atoms with Crippen molar-refractivity contribution in [3.63, 3.8) is 0 Å². The topological polar surface area (TPSA) is 58.6 Å². The third kappa shape index (κ3) is 5.05. The van der Waals surface area contributed by atoms with Gasteiger partial charge >= 0.3 is 5.97 Å². The quantitative estimate of drug-likeness (QED) is 0.383. The molecule has 0 aliphatic rings. The maximum absolute atomic E-state index is 12.0. The molecule has 5 nitrogen and oxygen atoms in total. The largest absolute Gasteiger partial charge is 0.465 e. The molecular formula is C14H17BrN2O3. The second-order valence-corrected chi connectivity index (χ2v) is 5.22. The maximum atomic E-state index is 12.0. The van der Waals surface area contributed by atoms with Crippen LogP contribution in [0, 0.1) is 0 Å². The van der Waals surface area contributed by atoms with Gasteiger partial charge in [-0.2, -0.15) is 0 Å². The van der Waals surface area contributed by atoms with Crippen LogP contribution < -0.4 is 5.32 Å². The SMILES string of the molecule is COC(=O)/C(=C\N(C)C)C(=O)NCc1ccc(Br)cc1. The second-order valence-electron chi connectivity index (χ2n) is 4.31. The van der Waals surface area contributed by atoms with Crippen molar-refractivity contribution < 1.29 is 14.3 Å². The van der Waals surface area contributed by atoms with Gasteiger partial charge in [-0.25, -0.2) is 4.79 Å². The number of amides is 1. The minimum atomic E-state index is -0.660. The second kappa shape index (κ2) is 7.69. The summed E-state index contributed by atoms with van der Waals surface area (Å²) in [6, 6.07) is 7.55. The summed E-state index contributed by atoms with van der Waals surface area (Å²) < 4.78 is 5.57. The summed E-state index contributed by atoms with van der Waals surface area (Å²) in [4.78, 5) is 25.2. The lowest BCUT2D eigenvalue weighted by atomic mass is 10.2. The van der Waals surface area contributed by atoms with Crippen molar-refractivity contribution >= 4 is 27.8 Å². The molecule has 0 spiro atoms. The van der Waals surface area contributed by atoms with E-state index in [-0.39, 0.29) is 5.57 Å². The zero-order valence-corrected chi connectivity index (χ0v) is 13.2. The lowest BCUT2D eigenvalue weighted by Crippen LogP contribution is -2.29. The molecule has 0 saturated heterocycles. The van der Waals surface area contributed by atoms with Gasteiger partial charge in [0.1, 0.15) is 5.57 Å². The zero-order chi connectivity index (χ0) is 15.1. The number of benzene rings is 1. The van der Waals surface area contributed by atoms with E-state index < -0.39 is 11.9 Å². The minimum absolute atomic E-state index is 0.0328. The van der Waals surface area contributed by atoms with E-state index in [1.807, 2.05) is 24.3 Å². The highest BCUT2D eigenvalue weighted by atomic mass is 79.9. The number of ether oxygens (including phenoxy) is 1. The Balaban J connectivity index is 2.72. The van der Waals surface area contributed by atoms with Crippen molar-refractivity contribution in [2.75, 3.05) is 21.2 Å². The Morgan fingerprint density at radius 1 is 1.30 bits per heavy atom. The molecule has 0 fully saturated rings. The van der Waals surface area contributed by atoms with Crippen LogP contribution in [0.25, 0.3) is 0 Å². The monoisotopic (exact) mass is 340 g/mol. The number of carbonyl (C=O) groups excluding carboxylic acids is 2. The van der Waals surface area contributed by atoms with Crippen LogP contribution in [0.1, 0.15) is 5.56 Å². The molecule has 0 atom stereocenters. The van der Waals surface area contributed by atoms with Crippen molar-refractivity contribution in [3.05, 3.63) is 46.1 Å². The van der Waals surface area contributed by atoms with E-state index in [1.165, 1.54) is 13.3 Å². The molecule has 6 heteroatoms. The molecule has 0 unspecified atom stereocenters. The molecule has 0 bridgehead atoms. The van der Waals surface area contributed by atoms with Crippen LogP contribution >= 0.6 is 15.9 Å². The Bertz CT molecular complexity index is 510. The van der Waals surface area contributed by atoms with Gasteiger partial charge in [0.2, 0.25) is 0 Å². The predicted octanol–water partition coefficient (Wildman–Crippen LogP) is 1.68. The summed E-state index contributed by atoms with van der Waals surface area (Å²) in [5, 5.41) is 2.69. The van der Waals surface area contributed by atoms with Crippen molar-refractivity contribution in [1.29, 1.82) is 0 Å². The minimum Gasteiger partial charge on any atom is -0.465 e. The van der Waals surface area contributed by atoms with Gasteiger partial charge in [0, 0.05) is 31.3 Å². The van der Waals surface area contributed by atoms with Gasteiger partial charge in [-0.3, -0.25) is 4.79 Å². The fourth-order valence-electron chi connectivity index (χ4n) is 1.45. The fourth-order valence-corrected chi connectivity index (χ4v) is 1.72. The first-order valence-corrected chi connectivity index (χ1v) is 6.72. The van der Waals surface area contributed by atoms with E-state index in [9.17, 15) is 9.59 Å². The molecule has 1 amide bonds. The number of nitrogens with one attached hydrogen (secondary N) is 1. The molecule has 1 N–H and O–H groups in total. The van der Waals surface area contributed by atoms with Crippen LogP contribution in [0.5, 0.6) is 0 Å². The molecule has 1 rings (SSSR count). The Labute approximate surface area is 126 Å². The number of hydrogen-bond donors (Lipinski definition) is 1. The first-order valence-electron chi connectivity index (χ1n) is 5.93. The van der Waals surface area contributed by atoms with E-state index in [4.69, 9.17) is 0 Å². The van der Waals surface area contributed by atoms with Crippen LogP contribution in [0.15, 0.2) is 40.5 Å². The van der Waals surface area contributed by atoms with E-state index in [1.54, 1.807) is 19.0 Å². The summed E-state index contributed by atoms with van der Waals surface area (Å²) in [7, 11) is 4.70. The van der Waals surface area contributed by atoms with E-state index in [0.29, 0.717) is 6.54 Å². The molecule has 0 heterocycles. The first kappa shape index (κ1) is 16.2.